The summed E-state index contributed by atoms with van der Waals surface area (Å²) in [5.74, 6) is 3.26. The van der Waals surface area contributed by atoms with Gasteiger partial charge in [0, 0.05) is 38.4 Å². The summed E-state index contributed by atoms with van der Waals surface area (Å²) in [4.78, 5) is 10.1. The van der Waals surface area contributed by atoms with Crippen LogP contribution in [0.15, 0.2) is 12.3 Å². The molecule has 3 fully saturated rings. The zero-order chi connectivity index (χ0) is 16.9. The lowest BCUT2D eigenvalue weighted by Gasteiger charge is -2.41. The largest absolute Gasteiger partial charge is 0.354 e. The Bertz CT molecular complexity index is 596. The Labute approximate surface area is 147 Å². The smallest absolute Gasteiger partial charge is 0.131 e. The lowest BCUT2D eigenvalue weighted by Crippen LogP contribution is -2.52. The van der Waals surface area contributed by atoms with Crippen molar-refractivity contribution in [3.63, 3.8) is 0 Å². The van der Waals surface area contributed by atoms with Crippen LogP contribution in [0.1, 0.15) is 57.6 Å². The average molecular weight is 328 g/mol. The molecule has 0 aromatic carbocycles. The number of fused-ring (bicyclic) bond motifs is 2. The van der Waals surface area contributed by atoms with Gasteiger partial charge in [-0.3, -0.25) is 4.90 Å². The van der Waals surface area contributed by atoms with Gasteiger partial charge in [0.1, 0.15) is 5.82 Å². The maximum Gasteiger partial charge on any atom is 0.131 e. The van der Waals surface area contributed by atoms with Gasteiger partial charge in [-0.05, 0) is 54.6 Å². The van der Waals surface area contributed by atoms with Crippen molar-refractivity contribution in [2.24, 2.45) is 11.8 Å². The number of hydrogen-bond acceptors (Lipinski definition) is 3. The first kappa shape index (κ1) is 16.4. The molecule has 1 aromatic rings. The Kier molecular flexibility index (Phi) is 4.11. The minimum absolute atomic E-state index is 0.177. The molecule has 3 atom stereocenters. The fourth-order valence-electron chi connectivity index (χ4n) is 5.23. The number of aryl methyl sites for hydroxylation is 1. The van der Waals surface area contributed by atoms with E-state index in [9.17, 15) is 0 Å². The molecule has 2 bridgehead atoms. The Morgan fingerprint density at radius 1 is 1.04 bits per heavy atom. The van der Waals surface area contributed by atoms with E-state index < -0.39 is 0 Å². The van der Waals surface area contributed by atoms with Crippen LogP contribution in [0.4, 0.5) is 5.82 Å². The fourth-order valence-corrected chi connectivity index (χ4v) is 5.23. The summed E-state index contributed by atoms with van der Waals surface area (Å²) in [6.45, 7) is 13.7. The van der Waals surface area contributed by atoms with Gasteiger partial charge in [0.25, 0.3) is 0 Å². The van der Waals surface area contributed by atoms with Crippen molar-refractivity contribution in [2.45, 2.75) is 64.8 Å². The minimum atomic E-state index is 0.177. The molecule has 3 nitrogen and oxygen atoms in total. The molecule has 0 radical (unpaired) electrons. The highest BCUT2D eigenvalue weighted by molar-refractivity contribution is 5.48. The summed E-state index contributed by atoms with van der Waals surface area (Å²) >= 11 is 0. The van der Waals surface area contributed by atoms with Crippen LogP contribution in [0, 0.1) is 18.8 Å². The molecule has 4 rings (SSSR count). The van der Waals surface area contributed by atoms with Gasteiger partial charge in [-0.15, -0.1) is 0 Å². The number of rotatable bonds is 2. The van der Waals surface area contributed by atoms with Gasteiger partial charge in [-0.25, -0.2) is 4.98 Å². The summed E-state index contributed by atoms with van der Waals surface area (Å²) in [5.41, 5.74) is 2.84. The molecule has 2 aliphatic carbocycles. The molecule has 0 N–H and O–H groups in total. The predicted octanol–water partition coefficient (Wildman–Crippen LogP) is 4.00. The van der Waals surface area contributed by atoms with Crippen molar-refractivity contribution in [3.05, 3.63) is 23.4 Å². The number of pyridine rings is 1. The second kappa shape index (κ2) is 6.01. The van der Waals surface area contributed by atoms with Crippen molar-refractivity contribution in [1.82, 2.24) is 9.88 Å². The van der Waals surface area contributed by atoms with Crippen molar-refractivity contribution < 1.29 is 0 Å². The van der Waals surface area contributed by atoms with E-state index in [0.29, 0.717) is 0 Å². The molecule has 2 saturated carbocycles. The second-order valence-corrected chi connectivity index (χ2v) is 9.38. The van der Waals surface area contributed by atoms with Crippen LogP contribution in [0.5, 0.6) is 0 Å². The quantitative estimate of drug-likeness (QED) is 0.818. The molecule has 1 aromatic heterocycles. The van der Waals surface area contributed by atoms with Gasteiger partial charge >= 0.3 is 0 Å². The molecule has 132 valence electrons. The normalized spacial score (nSPS) is 31.0. The number of hydrogen-bond donors (Lipinski definition) is 0. The summed E-state index contributed by atoms with van der Waals surface area (Å²) in [5, 5.41) is 0. The van der Waals surface area contributed by atoms with Gasteiger partial charge < -0.3 is 4.90 Å². The van der Waals surface area contributed by atoms with Crippen LogP contribution < -0.4 is 4.90 Å². The first-order valence-electron chi connectivity index (χ1n) is 9.88. The SMILES string of the molecule is Cc1cc(C(C)(C)C)cnc1N1CCN([C@H]2C[C@@H]3CC[C@H]2C3)CC1. The van der Waals surface area contributed by atoms with Crippen molar-refractivity contribution in [2.75, 3.05) is 31.1 Å². The highest BCUT2D eigenvalue weighted by atomic mass is 15.3. The molecule has 1 saturated heterocycles. The topological polar surface area (TPSA) is 19.4 Å². The van der Waals surface area contributed by atoms with Crippen LogP contribution in [-0.2, 0) is 5.41 Å². The molecule has 2 heterocycles. The van der Waals surface area contributed by atoms with Gasteiger partial charge in [0.15, 0.2) is 0 Å². The van der Waals surface area contributed by atoms with Crippen LogP contribution >= 0.6 is 0 Å². The number of piperazine rings is 1. The first-order valence-corrected chi connectivity index (χ1v) is 9.88. The lowest BCUT2D eigenvalue weighted by molar-refractivity contribution is 0.134. The average Bonchev–Trinajstić information content (AvgIpc) is 3.17. The lowest BCUT2D eigenvalue weighted by atomic mass is 9.87. The summed E-state index contributed by atoms with van der Waals surface area (Å²) < 4.78 is 0. The van der Waals surface area contributed by atoms with E-state index in [1.54, 1.807) is 0 Å². The molecule has 0 spiro atoms. The van der Waals surface area contributed by atoms with E-state index in [0.717, 1.165) is 31.0 Å². The molecule has 3 heteroatoms. The Morgan fingerprint density at radius 2 is 1.79 bits per heavy atom. The maximum absolute atomic E-state index is 4.84. The third kappa shape index (κ3) is 2.96. The van der Waals surface area contributed by atoms with E-state index in [2.05, 4.69) is 49.8 Å². The Balaban J connectivity index is 1.41. The summed E-state index contributed by atoms with van der Waals surface area (Å²) in [7, 11) is 0. The first-order chi connectivity index (χ1) is 11.4. The van der Waals surface area contributed by atoms with E-state index in [1.165, 1.54) is 55.7 Å². The highest BCUT2D eigenvalue weighted by Crippen LogP contribution is 2.46. The van der Waals surface area contributed by atoms with E-state index in [-0.39, 0.29) is 5.41 Å². The molecule has 0 unspecified atom stereocenters. The number of aromatic nitrogens is 1. The monoisotopic (exact) mass is 327 g/mol. The third-order valence-electron chi connectivity index (χ3n) is 6.70. The molecular formula is C21H33N3. The molecule has 24 heavy (non-hydrogen) atoms. The zero-order valence-electron chi connectivity index (χ0n) is 15.9. The van der Waals surface area contributed by atoms with Gasteiger partial charge in [-0.1, -0.05) is 33.3 Å². The van der Waals surface area contributed by atoms with Crippen molar-refractivity contribution >= 4 is 5.82 Å². The summed E-state index contributed by atoms with van der Waals surface area (Å²) in [6.07, 6.45) is 8.07. The summed E-state index contributed by atoms with van der Waals surface area (Å²) in [6, 6.07) is 3.23. The van der Waals surface area contributed by atoms with Gasteiger partial charge in [0.05, 0.1) is 0 Å². The third-order valence-corrected chi connectivity index (χ3v) is 6.70. The number of nitrogens with zero attached hydrogens (tertiary/aromatic N) is 3. The Hall–Kier alpha value is -1.09. The van der Waals surface area contributed by atoms with E-state index in [1.807, 2.05) is 0 Å². The Morgan fingerprint density at radius 3 is 2.33 bits per heavy atom. The predicted molar refractivity (Wildman–Crippen MR) is 101 cm³/mol. The van der Waals surface area contributed by atoms with E-state index >= 15 is 0 Å². The fraction of sp³-hybridized carbons (Fsp3) is 0.762. The van der Waals surface area contributed by atoms with Crippen LogP contribution in [0.2, 0.25) is 0 Å². The van der Waals surface area contributed by atoms with Crippen LogP contribution in [0.3, 0.4) is 0 Å². The van der Waals surface area contributed by atoms with Crippen LogP contribution in [0.25, 0.3) is 0 Å². The standard InChI is InChI=1S/C21H33N3/c1-15-11-18(21(2,3)4)14-22-20(15)24-9-7-23(8-10-24)19-13-16-5-6-17(19)12-16/h11,14,16-17,19H,5-10,12-13H2,1-4H3/t16-,17+,19+/m1/s1. The molecule has 0 amide bonds. The van der Waals surface area contributed by atoms with Crippen LogP contribution in [-0.4, -0.2) is 42.1 Å². The van der Waals surface area contributed by atoms with Crippen molar-refractivity contribution in [1.29, 1.82) is 0 Å². The van der Waals surface area contributed by atoms with Gasteiger partial charge in [0.2, 0.25) is 0 Å². The second-order valence-electron chi connectivity index (χ2n) is 9.38. The molecule has 3 aliphatic rings. The zero-order valence-corrected chi connectivity index (χ0v) is 15.9. The maximum atomic E-state index is 4.84. The molecular weight excluding hydrogens is 294 g/mol. The van der Waals surface area contributed by atoms with Gasteiger partial charge in [-0.2, -0.15) is 0 Å². The molecule has 1 aliphatic heterocycles. The van der Waals surface area contributed by atoms with Crippen molar-refractivity contribution in [3.8, 4) is 0 Å². The van der Waals surface area contributed by atoms with E-state index in [4.69, 9.17) is 4.98 Å². The number of anilines is 1. The highest BCUT2D eigenvalue weighted by Gasteiger charge is 2.42. The minimum Gasteiger partial charge on any atom is -0.354 e.